The molecule has 3 rings (SSSR count). The van der Waals surface area contributed by atoms with Crippen LogP contribution in [0.25, 0.3) is 0 Å². The summed E-state index contributed by atoms with van der Waals surface area (Å²) in [6.07, 6.45) is 1.73. The number of rotatable bonds is 5. The lowest BCUT2D eigenvalue weighted by Gasteiger charge is -2.16. The molecule has 0 spiro atoms. The van der Waals surface area contributed by atoms with Crippen molar-refractivity contribution in [3.8, 4) is 0 Å². The third-order valence-corrected chi connectivity index (χ3v) is 7.77. The van der Waals surface area contributed by atoms with E-state index in [1.165, 1.54) is 40.7 Å². The van der Waals surface area contributed by atoms with Gasteiger partial charge in [0, 0.05) is 23.2 Å². The topological polar surface area (TPSA) is 83.5 Å². The number of anilines is 1. The summed E-state index contributed by atoms with van der Waals surface area (Å²) in [6, 6.07) is 12.0. The summed E-state index contributed by atoms with van der Waals surface area (Å²) in [4.78, 5) is 0.297. The van der Waals surface area contributed by atoms with E-state index in [1.54, 1.807) is 12.1 Å². The molecule has 0 unspecified atom stereocenters. The van der Waals surface area contributed by atoms with Gasteiger partial charge in [-0.2, -0.15) is 4.31 Å². The predicted octanol–water partition coefficient (Wildman–Crippen LogP) is 3.03. The molecule has 1 aliphatic heterocycles. The Kier molecular flexibility index (Phi) is 5.19. The Morgan fingerprint density at radius 3 is 1.88 bits per heavy atom. The Morgan fingerprint density at radius 2 is 1.32 bits per heavy atom. The molecule has 1 aliphatic rings. The van der Waals surface area contributed by atoms with Crippen LogP contribution in [0, 0.1) is 0 Å². The molecule has 1 N–H and O–H groups in total. The van der Waals surface area contributed by atoms with Crippen LogP contribution in [0.3, 0.4) is 0 Å². The minimum atomic E-state index is -3.72. The number of halogens is 1. The van der Waals surface area contributed by atoms with Crippen LogP contribution in [0.4, 0.5) is 5.69 Å². The van der Waals surface area contributed by atoms with Gasteiger partial charge in [-0.1, -0.05) is 15.9 Å². The molecule has 0 aromatic heterocycles. The van der Waals surface area contributed by atoms with Crippen LogP contribution >= 0.6 is 15.9 Å². The van der Waals surface area contributed by atoms with Crippen LogP contribution in [0.1, 0.15) is 12.8 Å². The van der Waals surface area contributed by atoms with E-state index in [0.29, 0.717) is 18.8 Å². The maximum absolute atomic E-state index is 12.5. The molecule has 6 nitrogen and oxygen atoms in total. The fraction of sp³-hybridized carbons (Fsp3) is 0.250. The number of nitrogens with zero attached hydrogens (tertiary/aromatic N) is 1. The second-order valence-electron chi connectivity index (χ2n) is 5.69. The van der Waals surface area contributed by atoms with Crippen LogP contribution < -0.4 is 4.72 Å². The zero-order valence-corrected chi connectivity index (χ0v) is 16.4. The third-order valence-electron chi connectivity index (χ3n) is 3.93. The number of nitrogens with one attached hydrogen (secondary N) is 1. The highest BCUT2D eigenvalue weighted by Crippen LogP contribution is 2.23. The summed E-state index contributed by atoms with van der Waals surface area (Å²) < 4.78 is 54.3. The molecule has 2 aromatic carbocycles. The van der Waals surface area contributed by atoms with Gasteiger partial charge in [-0.05, 0) is 61.4 Å². The van der Waals surface area contributed by atoms with Crippen molar-refractivity contribution in [2.75, 3.05) is 17.8 Å². The van der Waals surface area contributed by atoms with E-state index < -0.39 is 20.0 Å². The Balaban J connectivity index is 1.79. The number of hydrogen-bond donors (Lipinski definition) is 1. The van der Waals surface area contributed by atoms with E-state index in [4.69, 9.17) is 0 Å². The Labute approximate surface area is 156 Å². The molecular formula is C16H17BrN2O4S2. The minimum Gasteiger partial charge on any atom is -0.280 e. The van der Waals surface area contributed by atoms with Crippen molar-refractivity contribution < 1.29 is 16.8 Å². The fourth-order valence-electron chi connectivity index (χ4n) is 2.60. The average molecular weight is 445 g/mol. The molecule has 9 heteroatoms. The first kappa shape index (κ1) is 18.4. The van der Waals surface area contributed by atoms with E-state index in [0.717, 1.165) is 17.3 Å². The van der Waals surface area contributed by atoms with Gasteiger partial charge < -0.3 is 0 Å². The summed E-state index contributed by atoms with van der Waals surface area (Å²) in [5.74, 6) is 0. The van der Waals surface area contributed by atoms with E-state index in [2.05, 4.69) is 20.7 Å². The molecule has 0 amide bonds. The first-order chi connectivity index (χ1) is 11.8. The van der Waals surface area contributed by atoms with Crippen molar-refractivity contribution in [3.05, 3.63) is 53.0 Å². The summed E-state index contributed by atoms with van der Waals surface area (Å²) >= 11 is 3.26. The van der Waals surface area contributed by atoms with Crippen molar-refractivity contribution >= 4 is 41.7 Å². The minimum absolute atomic E-state index is 0.129. The summed E-state index contributed by atoms with van der Waals surface area (Å²) in [5, 5.41) is 0. The second-order valence-corrected chi connectivity index (χ2v) is 10.2. The first-order valence-electron chi connectivity index (χ1n) is 7.68. The van der Waals surface area contributed by atoms with E-state index in [-0.39, 0.29) is 9.79 Å². The van der Waals surface area contributed by atoms with Gasteiger partial charge >= 0.3 is 0 Å². The van der Waals surface area contributed by atoms with Gasteiger partial charge in [-0.3, -0.25) is 4.72 Å². The number of sulfonamides is 2. The summed E-state index contributed by atoms with van der Waals surface area (Å²) in [5.41, 5.74) is 0.309. The lowest BCUT2D eigenvalue weighted by molar-refractivity contribution is 0.477. The quantitative estimate of drug-likeness (QED) is 0.767. The summed E-state index contributed by atoms with van der Waals surface area (Å²) in [6.45, 7) is 1.06. The highest BCUT2D eigenvalue weighted by molar-refractivity contribution is 9.10. The number of benzene rings is 2. The molecule has 1 saturated heterocycles. The molecule has 1 fully saturated rings. The monoisotopic (exact) mass is 444 g/mol. The highest BCUT2D eigenvalue weighted by Gasteiger charge is 2.27. The molecule has 0 bridgehead atoms. The van der Waals surface area contributed by atoms with Crippen molar-refractivity contribution in [2.24, 2.45) is 0 Å². The van der Waals surface area contributed by atoms with Gasteiger partial charge in [0.2, 0.25) is 10.0 Å². The van der Waals surface area contributed by atoms with Crippen LogP contribution in [0.2, 0.25) is 0 Å². The van der Waals surface area contributed by atoms with E-state index >= 15 is 0 Å². The van der Waals surface area contributed by atoms with E-state index in [9.17, 15) is 16.8 Å². The fourth-order valence-corrected chi connectivity index (χ4v) is 5.44. The zero-order valence-electron chi connectivity index (χ0n) is 13.2. The normalized spacial score (nSPS) is 16.0. The van der Waals surface area contributed by atoms with Crippen molar-refractivity contribution in [1.29, 1.82) is 0 Å². The molecular weight excluding hydrogens is 428 g/mol. The Morgan fingerprint density at radius 1 is 0.800 bits per heavy atom. The van der Waals surface area contributed by atoms with Gasteiger partial charge in [-0.15, -0.1) is 0 Å². The van der Waals surface area contributed by atoms with Crippen molar-refractivity contribution in [1.82, 2.24) is 4.31 Å². The molecule has 1 heterocycles. The van der Waals surface area contributed by atoms with E-state index in [1.807, 2.05) is 0 Å². The van der Waals surface area contributed by atoms with Crippen LogP contribution in [0.5, 0.6) is 0 Å². The van der Waals surface area contributed by atoms with Gasteiger partial charge in [0.05, 0.1) is 9.79 Å². The summed E-state index contributed by atoms with van der Waals surface area (Å²) in [7, 11) is -7.23. The van der Waals surface area contributed by atoms with Crippen molar-refractivity contribution in [2.45, 2.75) is 22.6 Å². The van der Waals surface area contributed by atoms with Crippen LogP contribution in [-0.2, 0) is 20.0 Å². The zero-order chi connectivity index (χ0) is 18.1. The molecule has 0 atom stereocenters. The Bertz CT molecular complexity index is 950. The number of hydrogen-bond acceptors (Lipinski definition) is 4. The smallest absolute Gasteiger partial charge is 0.261 e. The van der Waals surface area contributed by atoms with Gasteiger partial charge in [0.25, 0.3) is 10.0 Å². The highest BCUT2D eigenvalue weighted by atomic mass is 79.9. The van der Waals surface area contributed by atoms with Crippen LogP contribution in [-0.4, -0.2) is 34.2 Å². The Hall–Kier alpha value is -1.42. The van der Waals surface area contributed by atoms with Crippen LogP contribution in [0.15, 0.2) is 62.8 Å². The molecule has 0 aliphatic carbocycles. The SMILES string of the molecule is O=S(=O)(Nc1ccc(S(=O)(=O)N2CCCC2)cc1)c1ccc(Br)cc1. The predicted molar refractivity (Wildman–Crippen MR) is 99.4 cm³/mol. The second kappa shape index (κ2) is 7.06. The van der Waals surface area contributed by atoms with Gasteiger partial charge in [0.1, 0.15) is 0 Å². The maximum Gasteiger partial charge on any atom is 0.261 e. The largest absolute Gasteiger partial charge is 0.280 e. The lowest BCUT2D eigenvalue weighted by Crippen LogP contribution is -2.27. The molecule has 2 aromatic rings. The lowest BCUT2D eigenvalue weighted by atomic mass is 10.3. The first-order valence-corrected chi connectivity index (χ1v) is 11.4. The molecule has 134 valence electrons. The maximum atomic E-state index is 12.5. The van der Waals surface area contributed by atoms with Gasteiger partial charge in [-0.25, -0.2) is 16.8 Å². The average Bonchev–Trinajstić information content (AvgIpc) is 3.11. The molecule has 0 saturated carbocycles. The van der Waals surface area contributed by atoms with Gasteiger partial charge in [0.15, 0.2) is 0 Å². The molecule has 0 radical (unpaired) electrons. The molecule has 25 heavy (non-hydrogen) atoms. The standard InChI is InChI=1S/C16H17BrN2O4S2/c17-13-3-7-15(8-4-13)24(20,21)18-14-5-9-16(10-6-14)25(22,23)19-11-1-2-12-19/h3-10,18H,1-2,11-12H2. The third kappa shape index (κ3) is 4.05. The van der Waals surface area contributed by atoms with Crippen molar-refractivity contribution in [3.63, 3.8) is 0 Å².